The summed E-state index contributed by atoms with van der Waals surface area (Å²) < 4.78 is 46.5. The first kappa shape index (κ1) is 20.2. The normalized spacial score (nSPS) is 11.6. The maximum absolute atomic E-state index is 14.0. The van der Waals surface area contributed by atoms with Crippen molar-refractivity contribution in [3.05, 3.63) is 71.1 Å². The molecule has 0 aliphatic heterocycles. The van der Waals surface area contributed by atoms with E-state index in [1.165, 1.54) is 31.6 Å². The van der Waals surface area contributed by atoms with E-state index in [2.05, 4.69) is 9.97 Å². The number of fused-ring (bicyclic) bond motifs is 1. The Morgan fingerprint density at radius 2 is 1.73 bits per heavy atom. The summed E-state index contributed by atoms with van der Waals surface area (Å²) in [7, 11) is -2.65. The fourth-order valence-corrected chi connectivity index (χ4v) is 5.25. The highest BCUT2D eigenvalue weighted by Crippen LogP contribution is 2.36. The predicted molar refractivity (Wildman–Crippen MR) is 115 cm³/mol. The summed E-state index contributed by atoms with van der Waals surface area (Å²) in [6.07, 6.45) is 1.45. The van der Waals surface area contributed by atoms with Crippen molar-refractivity contribution >= 4 is 37.3 Å². The van der Waals surface area contributed by atoms with Gasteiger partial charge in [-0.2, -0.15) is 0 Å². The van der Waals surface area contributed by atoms with E-state index in [0.717, 1.165) is 31.0 Å². The zero-order valence-corrected chi connectivity index (χ0v) is 18.1. The molecule has 0 unspecified atom stereocenters. The molecular formula is C21H18FN3O3S2. The lowest BCUT2D eigenvalue weighted by Gasteiger charge is -2.20. The van der Waals surface area contributed by atoms with Crippen LogP contribution in [0.4, 0.5) is 10.1 Å². The fraction of sp³-hybridized carbons (Fsp3) is 0.143. The lowest BCUT2D eigenvalue weighted by Crippen LogP contribution is -2.27. The van der Waals surface area contributed by atoms with Gasteiger partial charge in [0.2, 0.25) is 5.88 Å². The van der Waals surface area contributed by atoms with Crippen molar-refractivity contribution in [2.75, 3.05) is 11.4 Å². The molecule has 9 heteroatoms. The first-order valence-electron chi connectivity index (χ1n) is 9.01. The molecule has 0 bridgehead atoms. The SMILES string of the molecule is Cc1sc2ncnc(Oc3ccc(N(C)S(=O)(=O)c4ccccc4F)cc3)c2c1C. The van der Waals surface area contributed by atoms with Crippen molar-refractivity contribution in [3.8, 4) is 11.6 Å². The average Bonchev–Trinajstić information content (AvgIpc) is 3.03. The van der Waals surface area contributed by atoms with Crippen molar-refractivity contribution in [2.24, 2.45) is 0 Å². The number of nitrogens with zero attached hydrogens (tertiary/aromatic N) is 3. The van der Waals surface area contributed by atoms with Gasteiger partial charge in [-0.3, -0.25) is 4.31 Å². The van der Waals surface area contributed by atoms with Gasteiger partial charge in [0, 0.05) is 11.9 Å². The Balaban J connectivity index is 1.62. The Bertz CT molecular complexity index is 1340. The van der Waals surface area contributed by atoms with Gasteiger partial charge in [0.15, 0.2) is 0 Å². The standard InChI is InChI=1S/C21H18FN3O3S2/c1-13-14(2)29-21-19(13)20(23-12-24-21)28-16-10-8-15(9-11-16)25(3)30(26,27)18-7-5-4-6-17(18)22/h4-12H,1-3H3. The van der Waals surface area contributed by atoms with Crippen molar-refractivity contribution in [1.29, 1.82) is 0 Å². The van der Waals surface area contributed by atoms with Gasteiger partial charge in [-0.1, -0.05) is 12.1 Å². The molecule has 0 N–H and O–H groups in total. The quantitative estimate of drug-likeness (QED) is 0.431. The molecular weight excluding hydrogens is 425 g/mol. The molecule has 4 rings (SSSR count). The van der Waals surface area contributed by atoms with Crippen LogP contribution in [0.25, 0.3) is 10.2 Å². The molecule has 2 aromatic carbocycles. The fourth-order valence-electron chi connectivity index (χ4n) is 3.00. The van der Waals surface area contributed by atoms with Gasteiger partial charge >= 0.3 is 0 Å². The van der Waals surface area contributed by atoms with E-state index in [9.17, 15) is 12.8 Å². The van der Waals surface area contributed by atoms with Crippen LogP contribution in [0.15, 0.2) is 59.8 Å². The molecule has 0 aliphatic rings. The minimum Gasteiger partial charge on any atom is -0.438 e. The zero-order chi connectivity index (χ0) is 21.5. The highest BCUT2D eigenvalue weighted by atomic mass is 32.2. The molecule has 0 saturated carbocycles. The minimum atomic E-state index is -4.03. The van der Waals surface area contributed by atoms with Crippen molar-refractivity contribution in [3.63, 3.8) is 0 Å². The van der Waals surface area contributed by atoms with Crippen LogP contribution < -0.4 is 9.04 Å². The third-order valence-corrected chi connectivity index (χ3v) is 7.75. The topological polar surface area (TPSA) is 72.4 Å². The molecule has 6 nitrogen and oxygen atoms in total. The number of hydrogen-bond donors (Lipinski definition) is 0. The van der Waals surface area contributed by atoms with E-state index in [4.69, 9.17) is 4.74 Å². The summed E-state index contributed by atoms with van der Waals surface area (Å²) in [4.78, 5) is 10.2. The molecule has 0 radical (unpaired) electrons. The van der Waals surface area contributed by atoms with Gasteiger partial charge in [0.25, 0.3) is 10.0 Å². The average molecular weight is 444 g/mol. The number of anilines is 1. The smallest absolute Gasteiger partial charge is 0.266 e. The van der Waals surface area contributed by atoms with E-state index in [0.29, 0.717) is 17.3 Å². The van der Waals surface area contributed by atoms with Crippen LogP contribution in [0.1, 0.15) is 10.4 Å². The maximum atomic E-state index is 14.0. The summed E-state index contributed by atoms with van der Waals surface area (Å²) in [5, 5.41) is 0.864. The number of halogens is 1. The largest absolute Gasteiger partial charge is 0.438 e. The van der Waals surface area contributed by atoms with Crippen LogP contribution in [-0.2, 0) is 10.0 Å². The number of sulfonamides is 1. The lowest BCUT2D eigenvalue weighted by molar-refractivity contribution is 0.468. The van der Waals surface area contributed by atoms with Crippen LogP contribution in [0.5, 0.6) is 11.6 Å². The van der Waals surface area contributed by atoms with E-state index in [1.807, 2.05) is 13.8 Å². The van der Waals surface area contributed by atoms with Crippen molar-refractivity contribution in [2.45, 2.75) is 18.7 Å². The van der Waals surface area contributed by atoms with E-state index < -0.39 is 15.8 Å². The number of aromatic nitrogens is 2. The summed E-state index contributed by atoms with van der Waals surface area (Å²) >= 11 is 1.58. The second-order valence-corrected chi connectivity index (χ2v) is 9.78. The Labute approximate surface area is 177 Å². The van der Waals surface area contributed by atoms with Crippen LogP contribution in [0.2, 0.25) is 0 Å². The third-order valence-electron chi connectivity index (χ3n) is 4.82. The molecule has 0 amide bonds. The third kappa shape index (κ3) is 3.50. The Morgan fingerprint density at radius 1 is 1.03 bits per heavy atom. The number of ether oxygens (including phenoxy) is 1. The predicted octanol–water partition coefficient (Wildman–Crippen LogP) is 5.06. The number of aryl methyl sites for hydroxylation is 2. The number of thiophene rings is 1. The molecule has 0 atom stereocenters. The summed E-state index contributed by atoms with van der Waals surface area (Å²) in [6.45, 7) is 4.02. The van der Waals surface area contributed by atoms with Crippen molar-refractivity contribution in [1.82, 2.24) is 9.97 Å². The number of benzene rings is 2. The van der Waals surface area contributed by atoms with E-state index >= 15 is 0 Å². The molecule has 0 saturated heterocycles. The maximum Gasteiger partial charge on any atom is 0.266 e. The first-order valence-corrected chi connectivity index (χ1v) is 11.3. The highest BCUT2D eigenvalue weighted by Gasteiger charge is 2.24. The molecule has 0 aliphatic carbocycles. The molecule has 30 heavy (non-hydrogen) atoms. The number of hydrogen-bond acceptors (Lipinski definition) is 6. The molecule has 2 aromatic heterocycles. The van der Waals surface area contributed by atoms with Gasteiger partial charge in [-0.05, 0) is 55.8 Å². The van der Waals surface area contributed by atoms with E-state index in [1.54, 1.807) is 35.6 Å². The summed E-state index contributed by atoms with van der Waals surface area (Å²) in [6, 6.07) is 11.8. The van der Waals surface area contributed by atoms with Gasteiger partial charge < -0.3 is 4.74 Å². The van der Waals surface area contributed by atoms with Gasteiger partial charge in [0.1, 0.15) is 27.6 Å². The second kappa shape index (κ2) is 7.66. The van der Waals surface area contributed by atoms with Crippen molar-refractivity contribution < 1.29 is 17.5 Å². The van der Waals surface area contributed by atoms with Crippen LogP contribution in [-0.4, -0.2) is 25.4 Å². The lowest BCUT2D eigenvalue weighted by atomic mass is 10.2. The highest BCUT2D eigenvalue weighted by molar-refractivity contribution is 7.92. The summed E-state index contributed by atoms with van der Waals surface area (Å²) in [5.41, 5.74) is 1.44. The first-order chi connectivity index (χ1) is 14.3. The molecule has 0 spiro atoms. The Kier molecular flexibility index (Phi) is 5.17. The van der Waals surface area contributed by atoms with Crippen LogP contribution in [0.3, 0.4) is 0 Å². The van der Waals surface area contributed by atoms with Gasteiger partial charge in [-0.25, -0.2) is 22.8 Å². The summed E-state index contributed by atoms with van der Waals surface area (Å²) in [5.74, 6) is 0.152. The van der Waals surface area contributed by atoms with E-state index in [-0.39, 0.29) is 4.90 Å². The monoisotopic (exact) mass is 443 g/mol. The zero-order valence-electron chi connectivity index (χ0n) is 16.5. The molecule has 2 heterocycles. The molecule has 154 valence electrons. The van der Waals surface area contributed by atoms with Crippen LogP contribution in [0, 0.1) is 19.7 Å². The Morgan fingerprint density at radius 3 is 2.43 bits per heavy atom. The number of rotatable bonds is 5. The Hall–Kier alpha value is -3.04. The second-order valence-electron chi connectivity index (χ2n) is 6.64. The minimum absolute atomic E-state index is 0.375. The van der Waals surface area contributed by atoms with Gasteiger partial charge in [-0.15, -0.1) is 11.3 Å². The molecule has 4 aromatic rings. The van der Waals surface area contributed by atoms with Crippen LogP contribution >= 0.6 is 11.3 Å². The molecule has 0 fully saturated rings. The van der Waals surface area contributed by atoms with Gasteiger partial charge in [0.05, 0.1) is 11.1 Å².